The second-order valence-electron chi connectivity index (χ2n) is 10.6. The van der Waals surface area contributed by atoms with Crippen LogP contribution in [-0.4, -0.2) is 4.98 Å². The number of pyridine rings is 1. The van der Waals surface area contributed by atoms with Crippen LogP contribution in [0.3, 0.4) is 0 Å². The highest BCUT2D eigenvalue weighted by molar-refractivity contribution is 5.85. The van der Waals surface area contributed by atoms with Crippen molar-refractivity contribution in [2.24, 2.45) is 0 Å². The minimum absolute atomic E-state index is 0.986. The topological polar surface area (TPSA) is 12.9 Å². The molecule has 0 radical (unpaired) electrons. The third kappa shape index (κ3) is 5.18. The van der Waals surface area contributed by atoms with Gasteiger partial charge in [-0.15, -0.1) is 0 Å². The summed E-state index contributed by atoms with van der Waals surface area (Å²) in [6, 6.07) is 56.4. The van der Waals surface area contributed by atoms with Crippen molar-refractivity contribution in [3.63, 3.8) is 0 Å². The lowest BCUT2D eigenvalue weighted by Crippen LogP contribution is -1.88. The first-order valence-electron chi connectivity index (χ1n) is 14.0. The molecule has 0 saturated carbocycles. The first kappa shape index (κ1) is 24.7. The van der Waals surface area contributed by atoms with Gasteiger partial charge in [0.25, 0.3) is 0 Å². The maximum Gasteiger partial charge on any atom is 0.0709 e. The van der Waals surface area contributed by atoms with Gasteiger partial charge < -0.3 is 0 Å². The van der Waals surface area contributed by atoms with Crippen LogP contribution in [0.4, 0.5) is 0 Å². The Labute approximate surface area is 241 Å². The number of benzene rings is 6. The van der Waals surface area contributed by atoms with E-state index in [9.17, 15) is 0 Å². The number of aromatic nitrogens is 1. The van der Waals surface area contributed by atoms with E-state index in [-0.39, 0.29) is 0 Å². The first-order chi connectivity index (χ1) is 20.2. The summed E-state index contributed by atoms with van der Waals surface area (Å²) in [5.74, 6) is 0. The van der Waals surface area contributed by atoms with E-state index in [4.69, 9.17) is 4.98 Å². The van der Waals surface area contributed by atoms with Crippen molar-refractivity contribution in [2.75, 3.05) is 0 Å². The Kier molecular flexibility index (Phi) is 6.47. The Bertz CT molecular complexity index is 2000. The molecule has 0 atom stereocenters. The van der Waals surface area contributed by atoms with Crippen molar-refractivity contribution < 1.29 is 0 Å². The zero-order valence-corrected chi connectivity index (χ0v) is 23.0. The number of hydrogen-bond acceptors (Lipinski definition) is 1. The minimum Gasteiger partial charge on any atom is -0.248 e. The predicted molar refractivity (Wildman–Crippen MR) is 174 cm³/mol. The monoisotopic (exact) mass is 523 g/mol. The Morgan fingerprint density at radius 2 is 0.829 bits per heavy atom. The summed E-state index contributed by atoms with van der Waals surface area (Å²) in [5.41, 5.74) is 14.0. The fraction of sp³-hybridized carbons (Fsp3) is 0.0250. The lowest BCUT2D eigenvalue weighted by molar-refractivity contribution is 1.40. The smallest absolute Gasteiger partial charge is 0.0709 e. The van der Waals surface area contributed by atoms with Crippen molar-refractivity contribution in [1.29, 1.82) is 0 Å². The van der Waals surface area contributed by atoms with E-state index in [2.05, 4.69) is 159 Å². The standard InChI is InChI=1S/C40H29N/c1-28-10-7-14-31(22-28)37-25-36(29-11-3-2-4-12-29)26-38(27-37)34-17-8-15-32(23-34)33-16-9-18-35(24-33)40-21-20-30-13-5-6-19-39(30)41-40/h2-27H,1H3. The van der Waals surface area contributed by atoms with Gasteiger partial charge in [0.05, 0.1) is 11.2 Å². The molecule has 194 valence electrons. The molecule has 0 aliphatic carbocycles. The van der Waals surface area contributed by atoms with E-state index >= 15 is 0 Å². The summed E-state index contributed by atoms with van der Waals surface area (Å²) in [6.07, 6.45) is 0. The van der Waals surface area contributed by atoms with Gasteiger partial charge in [0, 0.05) is 10.9 Å². The molecule has 0 fully saturated rings. The molecule has 7 rings (SSSR count). The van der Waals surface area contributed by atoms with Crippen LogP contribution >= 0.6 is 0 Å². The Hall–Kier alpha value is -5.27. The number of para-hydroxylation sites is 1. The van der Waals surface area contributed by atoms with Crippen molar-refractivity contribution in [2.45, 2.75) is 6.92 Å². The molecule has 0 saturated heterocycles. The lowest BCUT2D eigenvalue weighted by Gasteiger charge is -2.13. The van der Waals surface area contributed by atoms with Crippen LogP contribution in [0.1, 0.15) is 5.56 Å². The molecule has 1 heterocycles. The fourth-order valence-electron chi connectivity index (χ4n) is 5.55. The van der Waals surface area contributed by atoms with Gasteiger partial charge in [-0.25, -0.2) is 4.98 Å². The van der Waals surface area contributed by atoms with E-state index in [0.717, 1.165) is 22.2 Å². The van der Waals surface area contributed by atoms with Gasteiger partial charge in [0.15, 0.2) is 0 Å². The molecule has 0 bridgehead atoms. The number of fused-ring (bicyclic) bond motifs is 1. The molecule has 0 aliphatic rings. The van der Waals surface area contributed by atoms with E-state index in [1.165, 1.54) is 50.1 Å². The summed E-state index contributed by atoms with van der Waals surface area (Å²) in [4.78, 5) is 4.93. The zero-order chi connectivity index (χ0) is 27.6. The average molecular weight is 524 g/mol. The molecule has 0 aliphatic heterocycles. The van der Waals surface area contributed by atoms with Crippen LogP contribution in [0.25, 0.3) is 66.7 Å². The summed E-state index contributed by atoms with van der Waals surface area (Å²) < 4.78 is 0. The predicted octanol–water partition coefficient (Wildman–Crippen LogP) is 10.9. The van der Waals surface area contributed by atoms with Crippen molar-refractivity contribution in [3.8, 4) is 55.8 Å². The van der Waals surface area contributed by atoms with Gasteiger partial charge in [0.2, 0.25) is 0 Å². The van der Waals surface area contributed by atoms with Crippen LogP contribution in [-0.2, 0) is 0 Å². The highest BCUT2D eigenvalue weighted by atomic mass is 14.7. The van der Waals surface area contributed by atoms with Gasteiger partial charge >= 0.3 is 0 Å². The van der Waals surface area contributed by atoms with Crippen LogP contribution in [0.5, 0.6) is 0 Å². The van der Waals surface area contributed by atoms with Crippen LogP contribution in [0.2, 0.25) is 0 Å². The molecular formula is C40H29N. The maximum atomic E-state index is 4.93. The highest BCUT2D eigenvalue weighted by Gasteiger charge is 2.10. The number of rotatable bonds is 5. The first-order valence-corrected chi connectivity index (χ1v) is 14.0. The largest absolute Gasteiger partial charge is 0.248 e. The molecule has 0 spiro atoms. The molecule has 6 aromatic carbocycles. The second kappa shape index (κ2) is 10.7. The van der Waals surface area contributed by atoms with Gasteiger partial charge in [-0.2, -0.15) is 0 Å². The molecule has 0 amide bonds. The Morgan fingerprint density at radius 1 is 0.341 bits per heavy atom. The molecule has 0 unspecified atom stereocenters. The van der Waals surface area contributed by atoms with Crippen molar-refractivity contribution >= 4 is 10.9 Å². The molecule has 7 aromatic rings. The zero-order valence-electron chi connectivity index (χ0n) is 23.0. The normalized spacial score (nSPS) is 11.0. The third-order valence-electron chi connectivity index (χ3n) is 7.68. The summed E-state index contributed by atoms with van der Waals surface area (Å²) in [5, 5.41) is 1.16. The maximum absolute atomic E-state index is 4.93. The molecular weight excluding hydrogens is 494 g/mol. The number of aryl methyl sites for hydroxylation is 1. The fourth-order valence-corrected chi connectivity index (χ4v) is 5.55. The lowest BCUT2D eigenvalue weighted by atomic mass is 9.91. The van der Waals surface area contributed by atoms with E-state index < -0.39 is 0 Å². The van der Waals surface area contributed by atoms with Crippen LogP contribution < -0.4 is 0 Å². The van der Waals surface area contributed by atoms with Crippen LogP contribution in [0, 0.1) is 6.92 Å². The second-order valence-corrected chi connectivity index (χ2v) is 10.6. The molecule has 41 heavy (non-hydrogen) atoms. The summed E-state index contributed by atoms with van der Waals surface area (Å²) in [6.45, 7) is 2.15. The van der Waals surface area contributed by atoms with Gasteiger partial charge in [0.1, 0.15) is 0 Å². The molecule has 0 N–H and O–H groups in total. The number of hydrogen-bond donors (Lipinski definition) is 0. The van der Waals surface area contributed by atoms with Crippen molar-refractivity contribution in [3.05, 3.63) is 163 Å². The van der Waals surface area contributed by atoms with Crippen molar-refractivity contribution in [1.82, 2.24) is 4.98 Å². The Morgan fingerprint density at radius 3 is 1.54 bits per heavy atom. The molecule has 1 aromatic heterocycles. The quantitative estimate of drug-likeness (QED) is 0.219. The summed E-state index contributed by atoms with van der Waals surface area (Å²) >= 11 is 0. The van der Waals surface area contributed by atoms with Crippen LogP contribution in [0.15, 0.2) is 158 Å². The summed E-state index contributed by atoms with van der Waals surface area (Å²) in [7, 11) is 0. The van der Waals surface area contributed by atoms with E-state index in [1.807, 2.05) is 6.07 Å². The van der Waals surface area contributed by atoms with E-state index in [0.29, 0.717) is 0 Å². The van der Waals surface area contributed by atoms with E-state index in [1.54, 1.807) is 0 Å². The number of nitrogens with zero attached hydrogens (tertiary/aromatic N) is 1. The average Bonchev–Trinajstić information content (AvgIpc) is 3.05. The minimum atomic E-state index is 0.986. The molecule has 1 nitrogen and oxygen atoms in total. The van der Waals surface area contributed by atoms with Gasteiger partial charge in [-0.1, -0.05) is 121 Å². The SMILES string of the molecule is Cc1cccc(-c2cc(-c3ccccc3)cc(-c3cccc(-c4cccc(-c5ccc6ccccc6n5)c4)c3)c2)c1. The third-order valence-corrected chi connectivity index (χ3v) is 7.68. The highest BCUT2D eigenvalue weighted by Crippen LogP contribution is 2.35. The molecule has 1 heteroatoms. The van der Waals surface area contributed by atoms with Gasteiger partial charge in [-0.3, -0.25) is 0 Å². The Balaban J connectivity index is 1.31. The van der Waals surface area contributed by atoms with Gasteiger partial charge in [-0.05, 0) is 93.9 Å².